The number of rotatable bonds is 7. The molecule has 110 valence electrons. The second kappa shape index (κ2) is 7.55. The van der Waals surface area contributed by atoms with E-state index in [9.17, 15) is 4.79 Å². The number of para-hydroxylation sites is 1. The smallest absolute Gasteiger partial charge is 0.339 e. The molecule has 2 aromatic rings. The van der Waals surface area contributed by atoms with Gasteiger partial charge in [0.05, 0.1) is 13.2 Å². The molecule has 0 saturated carbocycles. The number of carbonyl (C=O) groups is 1. The summed E-state index contributed by atoms with van der Waals surface area (Å²) in [6.07, 6.45) is 0.639. The van der Waals surface area contributed by atoms with Crippen molar-refractivity contribution in [1.82, 2.24) is 0 Å². The Morgan fingerprint density at radius 2 is 1.81 bits per heavy atom. The van der Waals surface area contributed by atoms with Gasteiger partial charge in [-0.3, -0.25) is 0 Å². The average molecular weight is 307 g/mol. The Hall–Kier alpha value is -2.20. The van der Waals surface area contributed by atoms with Gasteiger partial charge in [0.15, 0.2) is 0 Å². The largest absolute Gasteiger partial charge is 0.493 e. The maximum Gasteiger partial charge on any atom is 0.339 e. The van der Waals surface area contributed by atoms with Crippen molar-refractivity contribution in [3.05, 3.63) is 59.1 Å². The number of carboxylic acid groups (broad SMARTS) is 1. The molecule has 0 aliphatic rings. The van der Waals surface area contributed by atoms with Crippen LogP contribution in [0, 0.1) is 0 Å². The highest BCUT2D eigenvalue weighted by Crippen LogP contribution is 2.19. The van der Waals surface area contributed by atoms with Crippen molar-refractivity contribution in [3.63, 3.8) is 0 Å². The molecule has 0 amide bonds. The second-order valence-electron chi connectivity index (χ2n) is 4.31. The van der Waals surface area contributed by atoms with Gasteiger partial charge in [-0.25, -0.2) is 4.79 Å². The first-order chi connectivity index (χ1) is 10.2. The van der Waals surface area contributed by atoms with Crippen LogP contribution in [0.5, 0.6) is 11.5 Å². The molecular formula is C16H15ClO4. The number of ether oxygens (including phenoxy) is 2. The summed E-state index contributed by atoms with van der Waals surface area (Å²) in [7, 11) is 0. The predicted octanol–water partition coefficient (Wildman–Crippen LogP) is 3.89. The van der Waals surface area contributed by atoms with Gasteiger partial charge in [0.1, 0.15) is 17.1 Å². The third kappa shape index (κ3) is 4.68. The van der Waals surface area contributed by atoms with Crippen LogP contribution < -0.4 is 9.47 Å². The Balaban J connectivity index is 1.76. The van der Waals surface area contributed by atoms with Gasteiger partial charge in [-0.15, -0.1) is 0 Å². The van der Waals surface area contributed by atoms with Crippen LogP contribution in [-0.2, 0) is 0 Å². The third-order valence-corrected chi connectivity index (χ3v) is 2.96. The van der Waals surface area contributed by atoms with Crippen molar-refractivity contribution in [1.29, 1.82) is 0 Å². The molecule has 0 bridgehead atoms. The van der Waals surface area contributed by atoms with E-state index in [0.29, 0.717) is 36.2 Å². The molecule has 0 fully saturated rings. The molecule has 0 heterocycles. The summed E-state index contributed by atoms with van der Waals surface area (Å²) in [5.74, 6) is 0.0713. The first kappa shape index (κ1) is 15.2. The van der Waals surface area contributed by atoms with Crippen LogP contribution in [0.2, 0.25) is 5.02 Å². The van der Waals surface area contributed by atoms with Crippen molar-refractivity contribution >= 4 is 17.6 Å². The zero-order chi connectivity index (χ0) is 15.1. The third-order valence-electron chi connectivity index (χ3n) is 2.73. The molecule has 4 nitrogen and oxygen atoms in total. The van der Waals surface area contributed by atoms with Crippen LogP contribution >= 0.6 is 11.6 Å². The zero-order valence-electron chi connectivity index (χ0n) is 11.3. The highest BCUT2D eigenvalue weighted by atomic mass is 35.5. The lowest BCUT2D eigenvalue weighted by Crippen LogP contribution is -2.07. The topological polar surface area (TPSA) is 55.8 Å². The average Bonchev–Trinajstić information content (AvgIpc) is 2.47. The van der Waals surface area contributed by atoms with Crippen molar-refractivity contribution in [2.45, 2.75) is 6.42 Å². The number of hydrogen-bond acceptors (Lipinski definition) is 3. The highest BCUT2D eigenvalue weighted by molar-refractivity contribution is 6.30. The lowest BCUT2D eigenvalue weighted by molar-refractivity contribution is 0.0692. The maximum absolute atomic E-state index is 11.0. The maximum atomic E-state index is 11.0. The van der Waals surface area contributed by atoms with Crippen LogP contribution in [0.4, 0.5) is 0 Å². The Morgan fingerprint density at radius 1 is 1.05 bits per heavy atom. The summed E-state index contributed by atoms with van der Waals surface area (Å²) in [5.41, 5.74) is 0.160. The van der Waals surface area contributed by atoms with E-state index in [2.05, 4.69) is 0 Å². The minimum absolute atomic E-state index is 0.160. The molecule has 1 N–H and O–H groups in total. The molecule has 0 aliphatic carbocycles. The molecule has 0 saturated heterocycles. The van der Waals surface area contributed by atoms with E-state index in [-0.39, 0.29) is 5.56 Å². The van der Waals surface area contributed by atoms with Gasteiger partial charge in [-0.05, 0) is 30.3 Å². The molecular weight excluding hydrogens is 292 g/mol. The zero-order valence-corrected chi connectivity index (χ0v) is 12.0. The Labute approximate surface area is 127 Å². The van der Waals surface area contributed by atoms with E-state index in [1.165, 1.54) is 6.07 Å². The minimum atomic E-state index is -0.999. The van der Waals surface area contributed by atoms with E-state index in [1.807, 2.05) is 12.1 Å². The first-order valence-electron chi connectivity index (χ1n) is 6.50. The summed E-state index contributed by atoms with van der Waals surface area (Å²) in [6.45, 7) is 0.848. The fourth-order valence-electron chi connectivity index (χ4n) is 1.76. The molecule has 0 unspecified atom stereocenters. The van der Waals surface area contributed by atoms with E-state index in [4.69, 9.17) is 26.2 Å². The number of benzene rings is 2. The van der Waals surface area contributed by atoms with E-state index in [1.54, 1.807) is 30.3 Å². The Kier molecular flexibility index (Phi) is 5.46. The van der Waals surface area contributed by atoms with Crippen molar-refractivity contribution < 1.29 is 19.4 Å². The summed E-state index contributed by atoms with van der Waals surface area (Å²) < 4.78 is 11.0. The number of aromatic carboxylic acids is 1. The summed E-state index contributed by atoms with van der Waals surface area (Å²) in [4.78, 5) is 11.0. The van der Waals surface area contributed by atoms with Crippen LogP contribution in [0.1, 0.15) is 16.8 Å². The number of hydrogen-bond donors (Lipinski definition) is 1. The molecule has 2 aromatic carbocycles. The SMILES string of the molecule is O=C(O)c1ccccc1OCCCOc1cccc(Cl)c1. The number of halogens is 1. The van der Waals surface area contributed by atoms with Crippen LogP contribution in [-0.4, -0.2) is 24.3 Å². The van der Waals surface area contributed by atoms with Gasteiger partial charge >= 0.3 is 5.97 Å². The van der Waals surface area contributed by atoms with Gasteiger partial charge in [0, 0.05) is 11.4 Å². The monoisotopic (exact) mass is 306 g/mol. The fraction of sp³-hybridized carbons (Fsp3) is 0.188. The highest BCUT2D eigenvalue weighted by Gasteiger charge is 2.09. The van der Waals surface area contributed by atoms with Crippen molar-refractivity contribution in [2.75, 3.05) is 13.2 Å². The Bertz CT molecular complexity index is 613. The lowest BCUT2D eigenvalue weighted by Gasteiger charge is -2.10. The van der Waals surface area contributed by atoms with Gasteiger partial charge in [0.2, 0.25) is 0 Å². The molecule has 2 rings (SSSR count). The minimum Gasteiger partial charge on any atom is -0.493 e. The fourth-order valence-corrected chi connectivity index (χ4v) is 1.94. The van der Waals surface area contributed by atoms with Crippen LogP contribution in [0.25, 0.3) is 0 Å². The molecule has 0 spiro atoms. The van der Waals surface area contributed by atoms with E-state index < -0.39 is 5.97 Å². The summed E-state index contributed by atoms with van der Waals surface area (Å²) in [5, 5.41) is 9.65. The first-order valence-corrected chi connectivity index (χ1v) is 6.88. The van der Waals surface area contributed by atoms with Crippen LogP contribution in [0.3, 0.4) is 0 Å². The van der Waals surface area contributed by atoms with E-state index in [0.717, 1.165) is 0 Å². The second-order valence-corrected chi connectivity index (χ2v) is 4.75. The number of carboxylic acids is 1. The quantitative estimate of drug-likeness (QED) is 0.789. The van der Waals surface area contributed by atoms with Crippen LogP contribution in [0.15, 0.2) is 48.5 Å². The molecule has 5 heteroatoms. The molecule has 21 heavy (non-hydrogen) atoms. The molecule has 0 radical (unpaired) electrons. The van der Waals surface area contributed by atoms with E-state index >= 15 is 0 Å². The van der Waals surface area contributed by atoms with Crippen molar-refractivity contribution in [3.8, 4) is 11.5 Å². The standard InChI is InChI=1S/C16H15ClO4/c17-12-5-3-6-13(11-12)20-9-4-10-21-15-8-2-1-7-14(15)16(18)19/h1-3,5-8,11H,4,9-10H2,(H,18,19). The van der Waals surface area contributed by atoms with Crippen molar-refractivity contribution in [2.24, 2.45) is 0 Å². The Morgan fingerprint density at radius 3 is 2.57 bits per heavy atom. The molecule has 0 aromatic heterocycles. The van der Waals surface area contributed by atoms with Gasteiger partial charge in [0.25, 0.3) is 0 Å². The predicted molar refractivity (Wildman–Crippen MR) is 80.5 cm³/mol. The summed E-state index contributed by atoms with van der Waals surface area (Å²) >= 11 is 5.85. The summed E-state index contributed by atoms with van der Waals surface area (Å²) in [6, 6.07) is 13.7. The van der Waals surface area contributed by atoms with Gasteiger partial charge < -0.3 is 14.6 Å². The van der Waals surface area contributed by atoms with Gasteiger partial charge in [-0.2, -0.15) is 0 Å². The van der Waals surface area contributed by atoms with Gasteiger partial charge in [-0.1, -0.05) is 29.8 Å². The molecule has 0 aliphatic heterocycles. The molecule has 0 atom stereocenters. The normalized spacial score (nSPS) is 10.1. The lowest BCUT2D eigenvalue weighted by atomic mass is 10.2.